The molecule has 1 aromatic carbocycles. The SMILES string of the molecule is CN(CC1CCCCO1)C(=O)c1cccc(F)c1N. The Bertz CT molecular complexity index is 459. The first-order chi connectivity index (χ1) is 9.09. The predicted octanol–water partition coefficient (Wildman–Crippen LogP) is 2.05. The zero-order chi connectivity index (χ0) is 13.8. The molecule has 1 saturated heterocycles. The number of para-hydroxylation sites is 1. The van der Waals surface area contributed by atoms with Gasteiger partial charge in [-0.25, -0.2) is 4.39 Å². The van der Waals surface area contributed by atoms with Gasteiger partial charge in [-0.05, 0) is 31.4 Å². The van der Waals surface area contributed by atoms with E-state index in [1.807, 2.05) is 0 Å². The third kappa shape index (κ3) is 3.23. The molecule has 1 fully saturated rings. The number of rotatable bonds is 3. The van der Waals surface area contributed by atoms with Crippen molar-refractivity contribution in [3.63, 3.8) is 0 Å². The van der Waals surface area contributed by atoms with E-state index in [4.69, 9.17) is 10.5 Å². The second-order valence-electron chi connectivity index (χ2n) is 4.88. The van der Waals surface area contributed by atoms with E-state index in [-0.39, 0.29) is 23.3 Å². The molecule has 1 aromatic rings. The van der Waals surface area contributed by atoms with Crippen molar-refractivity contribution in [2.45, 2.75) is 25.4 Å². The number of amides is 1. The van der Waals surface area contributed by atoms with Crippen molar-refractivity contribution in [2.75, 3.05) is 25.9 Å². The zero-order valence-electron chi connectivity index (χ0n) is 11.1. The summed E-state index contributed by atoms with van der Waals surface area (Å²) in [4.78, 5) is 13.8. The van der Waals surface area contributed by atoms with Crippen LogP contribution in [-0.4, -0.2) is 37.1 Å². The van der Waals surface area contributed by atoms with Gasteiger partial charge in [0.25, 0.3) is 5.91 Å². The molecule has 2 N–H and O–H groups in total. The van der Waals surface area contributed by atoms with E-state index < -0.39 is 5.82 Å². The Morgan fingerprint density at radius 3 is 3.00 bits per heavy atom. The standard InChI is InChI=1S/C14H19FN2O2/c1-17(9-10-5-2-3-8-19-10)14(18)11-6-4-7-12(15)13(11)16/h4,6-7,10H,2-3,5,8-9,16H2,1H3. The van der Waals surface area contributed by atoms with Gasteiger partial charge in [-0.1, -0.05) is 6.07 Å². The topological polar surface area (TPSA) is 55.6 Å². The molecule has 1 atom stereocenters. The first-order valence-corrected chi connectivity index (χ1v) is 6.50. The molecule has 104 valence electrons. The van der Waals surface area contributed by atoms with Gasteiger partial charge in [0, 0.05) is 20.2 Å². The van der Waals surface area contributed by atoms with Crippen LogP contribution in [0.1, 0.15) is 29.6 Å². The highest BCUT2D eigenvalue weighted by atomic mass is 19.1. The number of benzene rings is 1. The van der Waals surface area contributed by atoms with Crippen LogP contribution in [-0.2, 0) is 4.74 Å². The number of carbonyl (C=O) groups excluding carboxylic acids is 1. The predicted molar refractivity (Wildman–Crippen MR) is 71.4 cm³/mol. The van der Waals surface area contributed by atoms with Crippen molar-refractivity contribution in [1.82, 2.24) is 4.90 Å². The molecule has 0 aliphatic carbocycles. The van der Waals surface area contributed by atoms with Crippen molar-refractivity contribution in [3.05, 3.63) is 29.6 Å². The minimum atomic E-state index is -0.562. The molecule has 0 saturated carbocycles. The van der Waals surface area contributed by atoms with Crippen LogP contribution in [0.5, 0.6) is 0 Å². The van der Waals surface area contributed by atoms with Gasteiger partial charge in [-0.2, -0.15) is 0 Å². The van der Waals surface area contributed by atoms with Crippen LogP contribution in [0.25, 0.3) is 0 Å². The van der Waals surface area contributed by atoms with Gasteiger partial charge >= 0.3 is 0 Å². The van der Waals surface area contributed by atoms with Gasteiger partial charge < -0.3 is 15.4 Å². The average Bonchev–Trinajstić information content (AvgIpc) is 2.42. The Hall–Kier alpha value is -1.62. The van der Waals surface area contributed by atoms with Crippen molar-refractivity contribution in [1.29, 1.82) is 0 Å². The Balaban J connectivity index is 2.03. The van der Waals surface area contributed by atoms with E-state index in [2.05, 4.69) is 0 Å². The average molecular weight is 266 g/mol. The second-order valence-corrected chi connectivity index (χ2v) is 4.88. The number of nitrogens with zero attached hydrogens (tertiary/aromatic N) is 1. The van der Waals surface area contributed by atoms with Gasteiger partial charge in [-0.3, -0.25) is 4.79 Å². The van der Waals surface area contributed by atoms with E-state index in [9.17, 15) is 9.18 Å². The first kappa shape index (κ1) is 13.8. The number of likely N-dealkylation sites (N-methyl/N-ethyl adjacent to an activating group) is 1. The lowest BCUT2D eigenvalue weighted by Crippen LogP contribution is -2.37. The highest BCUT2D eigenvalue weighted by Crippen LogP contribution is 2.19. The molecule has 0 aromatic heterocycles. The number of anilines is 1. The minimum Gasteiger partial charge on any atom is -0.396 e. The number of hydrogen-bond donors (Lipinski definition) is 1. The normalized spacial score (nSPS) is 19.2. The third-order valence-electron chi connectivity index (χ3n) is 3.38. The Morgan fingerprint density at radius 1 is 1.53 bits per heavy atom. The molecule has 1 unspecified atom stereocenters. The lowest BCUT2D eigenvalue weighted by Gasteiger charge is -2.27. The van der Waals surface area contributed by atoms with Crippen LogP contribution in [0.15, 0.2) is 18.2 Å². The first-order valence-electron chi connectivity index (χ1n) is 6.50. The molecular formula is C14H19FN2O2. The maximum Gasteiger partial charge on any atom is 0.255 e. The number of ether oxygens (including phenoxy) is 1. The van der Waals surface area contributed by atoms with Gasteiger partial charge in [0.2, 0.25) is 0 Å². The summed E-state index contributed by atoms with van der Waals surface area (Å²) in [6, 6.07) is 4.28. The smallest absolute Gasteiger partial charge is 0.255 e. The monoisotopic (exact) mass is 266 g/mol. The molecule has 0 radical (unpaired) electrons. The second kappa shape index (κ2) is 6.02. The molecule has 1 aliphatic rings. The molecule has 1 amide bonds. The largest absolute Gasteiger partial charge is 0.396 e. The molecule has 2 rings (SSSR count). The summed E-state index contributed by atoms with van der Waals surface area (Å²) in [5.41, 5.74) is 5.71. The lowest BCUT2D eigenvalue weighted by molar-refractivity contribution is -0.000174. The lowest BCUT2D eigenvalue weighted by atomic mass is 10.1. The van der Waals surface area contributed by atoms with Gasteiger partial charge in [-0.15, -0.1) is 0 Å². The molecule has 1 heterocycles. The van der Waals surface area contributed by atoms with Gasteiger partial charge in [0.1, 0.15) is 5.82 Å². The molecule has 19 heavy (non-hydrogen) atoms. The Kier molecular flexibility index (Phi) is 4.37. The molecule has 1 aliphatic heterocycles. The minimum absolute atomic E-state index is 0.0671. The summed E-state index contributed by atoms with van der Waals surface area (Å²) in [6.07, 6.45) is 3.22. The van der Waals surface area contributed by atoms with E-state index in [0.29, 0.717) is 6.54 Å². The fourth-order valence-corrected chi connectivity index (χ4v) is 2.27. The van der Waals surface area contributed by atoms with E-state index in [0.717, 1.165) is 25.9 Å². The fraction of sp³-hybridized carbons (Fsp3) is 0.500. The summed E-state index contributed by atoms with van der Waals surface area (Å²) >= 11 is 0. The highest BCUT2D eigenvalue weighted by molar-refractivity contribution is 5.99. The van der Waals surface area contributed by atoms with Crippen LogP contribution in [0.3, 0.4) is 0 Å². The number of hydrogen-bond acceptors (Lipinski definition) is 3. The number of halogens is 1. The number of nitrogen functional groups attached to an aromatic ring is 1. The highest BCUT2D eigenvalue weighted by Gasteiger charge is 2.21. The van der Waals surface area contributed by atoms with E-state index in [1.165, 1.54) is 12.1 Å². The summed E-state index contributed by atoms with van der Waals surface area (Å²) in [5, 5.41) is 0. The molecule has 0 spiro atoms. The van der Waals surface area contributed by atoms with Crippen LogP contribution in [0.4, 0.5) is 10.1 Å². The third-order valence-corrected chi connectivity index (χ3v) is 3.38. The van der Waals surface area contributed by atoms with Crippen LogP contribution >= 0.6 is 0 Å². The van der Waals surface area contributed by atoms with Gasteiger partial charge in [0.05, 0.1) is 17.4 Å². The van der Waals surface area contributed by atoms with Crippen molar-refractivity contribution >= 4 is 11.6 Å². The van der Waals surface area contributed by atoms with Gasteiger partial charge in [0.15, 0.2) is 0 Å². The molecular weight excluding hydrogens is 247 g/mol. The van der Waals surface area contributed by atoms with Crippen LogP contribution in [0, 0.1) is 5.82 Å². The maximum atomic E-state index is 13.3. The fourth-order valence-electron chi connectivity index (χ4n) is 2.27. The summed E-state index contributed by atoms with van der Waals surface area (Å²) in [6.45, 7) is 1.25. The quantitative estimate of drug-likeness (QED) is 0.852. The summed E-state index contributed by atoms with van der Waals surface area (Å²) < 4.78 is 18.9. The summed E-state index contributed by atoms with van der Waals surface area (Å²) in [7, 11) is 1.69. The molecule has 0 bridgehead atoms. The molecule has 4 nitrogen and oxygen atoms in total. The van der Waals surface area contributed by atoms with Crippen molar-refractivity contribution in [2.24, 2.45) is 0 Å². The number of carbonyl (C=O) groups is 1. The number of nitrogens with two attached hydrogens (primary N) is 1. The van der Waals surface area contributed by atoms with E-state index >= 15 is 0 Å². The maximum absolute atomic E-state index is 13.3. The van der Waals surface area contributed by atoms with E-state index in [1.54, 1.807) is 18.0 Å². The van der Waals surface area contributed by atoms with Crippen molar-refractivity contribution in [3.8, 4) is 0 Å². The van der Waals surface area contributed by atoms with Crippen LogP contribution in [0.2, 0.25) is 0 Å². The zero-order valence-corrected chi connectivity index (χ0v) is 11.1. The molecule has 5 heteroatoms. The Labute approximate surface area is 112 Å². The van der Waals surface area contributed by atoms with Crippen molar-refractivity contribution < 1.29 is 13.9 Å². The summed E-state index contributed by atoms with van der Waals surface area (Å²) in [5.74, 6) is -0.834. The van der Waals surface area contributed by atoms with Crippen LogP contribution < -0.4 is 5.73 Å². The Morgan fingerprint density at radius 2 is 2.32 bits per heavy atom.